The minimum atomic E-state index is -0.637. The summed E-state index contributed by atoms with van der Waals surface area (Å²) < 4.78 is 0. The van der Waals surface area contributed by atoms with Gasteiger partial charge in [-0.15, -0.1) is 0 Å². The normalized spacial score (nSPS) is 16.8. The van der Waals surface area contributed by atoms with E-state index in [0.717, 1.165) is 11.8 Å². The number of halogens is 3. The molecule has 2 amide bonds. The Bertz CT molecular complexity index is 1340. The number of rotatable bonds is 5. The van der Waals surface area contributed by atoms with Crippen molar-refractivity contribution in [2.45, 2.75) is 11.7 Å². The average Bonchev–Trinajstić information content (AvgIpc) is 3.13. The summed E-state index contributed by atoms with van der Waals surface area (Å²) in [5.74, 6) is -0.895. The molecule has 1 aliphatic rings. The highest BCUT2D eigenvalue weighted by molar-refractivity contribution is 8.05. The van der Waals surface area contributed by atoms with E-state index in [-0.39, 0.29) is 22.9 Å². The molecule has 1 fully saturated rings. The highest BCUT2D eigenvalue weighted by Crippen LogP contribution is 2.43. The number of hydrogen-bond donors (Lipinski definition) is 1. The van der Waals surface area contributed by atoms with Crippen molar-refractivity contribution in [1.82, 2.24) is 0 Å². The molecule has 4 rings (SSSR count). The van der Waals surface area contributed by atoms with Gasteiger partial charge < -0.3 is 5.32 Å². The Hall–Kier alpha value is -2.95. The first-order valence-corrected chi connectivity index (χ1v) is 12.1. The zero-order valence-corrected chi connectivity index (χ0v) is 20.6. The molecule has 3 aromatic carbocycles. The number of carbonyl (C=O) groups excluding carboxylic acids is 2. The zero-order valence-electron chi connectivity index (χ0n) is 17.5. The van der Waals surface area contributed by atoms with Crippen LogP contribution in [0.3, 0.4) is 0 Å². The molecule has 0 spiro atoms. The monoisotopic (exact) mass is 527 g/mol. The first-order valence-electron chi connectivity index (χ1n) is 10.1. The van der Waals surface area contributed by atoms with Crippen LogP contribution >= 0.6 is 46.6 Å². The lowest BCUT2D eigenvalue weighted by atomic mass is 10.1. The summed E-state index contributed by atoms with van der Waals surface area (Å²) in [6.07, 6.45) is 0.282. The van der Waals surface area contributed by atoms with Crippen molar-refractivity contribution in [3.8, 4) is 6.07 Å². The highest BCUT2D eigenvalue weighted by atomic mass is 35.5. The van der Waals surface area contributed by atoms with Gasteiger partial charge in [-0.25, -0.2) is 0 Å². The molecular weight excluding hydrogens is 513 g/mol. The summed E-state index contributed by atoms with van der Waals surface area (Å²) in [5, 5.41) is 13.5. The van der Waals surface area contributed by atoms with E-state index in [0.29, 0.717) is 32.0 Å². The zero-order chi connectivity index (χ0) is 24.2. The van der Waals surface area contributed by atoms with E-state index in [1.165, 1.54) is 4.90 Å². The molecule has 1 aliphatic heterocycles. The topological polar surface area (TPSA) is 73.2 Å². The lowest BCUT2D eigenvalue weighted by Gasteiger charge is -2.18. The number of carbonyl (C=O) groups is 2. The highest BCUT2D eigenvalue weighted by Gasteiger charge is 2.41. The van der Waals surface area contributed by atoms with Crippen molar-refractivity contribution in [3.63, 3.8) is 0 Å². The molecule has 170 valence electrons. The molecule has 0 saturated carbocycles. The maximum atomic E-state index is 13.5. The fourth-order valence-corrected chi connectivity index (χ4v) is 5.35. The number of nitrogens with zero attached hydrogens (tertiary/aromatic N) is 2. The molecule has 1 saturated heterocycles. The molecule has 9 heteroatoms. The van der Waals surface area contributed by atoms with Gasteiger partial charge in [-0.1, -0.05) is 83.0 Å². The number of anilines is 2. The number of nitrogens with one attached hydrogen (secondary N) is 1. The van der Waals surface area contributed by atoms with Gasteiger partial charge in [-0.3, -0.25) is 14.5 Å². The van der Waals surface area contributed by atoms with Gasteiger partial charge in [0.1, 0.15) is 16.7 Å². The van der Waals surface area contributed by atoms with Crippen molar-refractivity contribution >= 4 is 69.8 Å². The maximum Gasteiger partial charge on any atom is 0.269 e. The third-order valence-electron chi connectivity index (χ3n) is 5.04. The van der Waals surface area contributed by atoms with Gasteiger partial charge in [0.05, 0.1) is 15.3 Å². The number of amides is 2. The quantitative estimate of drug-likeness (QED) is 0.295. The molecule has 1 N–H and O–H groups in total. The van der Waals surface area contributed by atoms with Crippen molar-refractivity contribution in [1.29, 1.82) is 5.26 Å². The van der Waals surface area contributed by atoms with Crippen LogP contribution in [0.2, 0.25) is 15.1 Å². The van der Waals surface area contributed by atoms with Gasteiger partial charge >= 0.3 is 0 Å². The van der Waals surface area contributed by atoms with Crippen LogP contribution in [0, 0.1) is 11.3 Å². The van der Waals surface area contributed by atoms with Gasteiger partial charge in [0.15, 0.2) is 0 Å². The van der Waals surface area contributed by atoms with Crippen LogP contribution < -0.4 is 10.2 Å². The Morgan fingerprint density at radius 2 is 1.76 bits per heavy atom. The van der Waals surface area contributed by atoms with E-state index >= 15 is 0 Å². The third-order valence-corrected chi connectivity index (χ3v) is 7.40. The predicted octanol–water partition coefficient (Wildman–Crippen LogP) is 6.71. The van der Waals surface area contributed by atoms with E-state index in [1.807, 2.05) is 12.1 Å². The standard InChI is InChI=1S/C25H16Cl3N3O2S/c26-16-7-5-8-17(13-16)30-23(32)19(14-29)25-31(18-9-2-1-3-10-18)24(33)21(34-25)12-15-6-4-11-20(27)22(15)28/h1-11,13,21H,12H2,(H,30,32). The number of benzene rings is 3. The van der Waals surface area contributed by atoms with E-state index in [1.54, 1.807) is 66.7 Å². The van der Waals surface area contributed by atoms with Crippen LogP contribution in [-0.4, -0.2) is 17.1 Å². The van der Waals surface area contributed by atoms with Crippen molar-refractivity contribution in [2.75, 3.05) is 10.2 Å². The molecule has 0 radical (unpaired) electrons. The smallest absolute Gasteiger partial charge is 0.269 e. The van der Waals surface area contributed by atoms with E-state index < -0.39 is 11.2 Å². The van der Waals surface area contributed by atoms with E-state index in [9.17, 15) is 14.9 Å². The molecule has 3 aromatic rings. The minimum absolute atomic E-state index is 0.179. The Morgan fingerprint density at radius 3 is 2.47 bits per heavy atom. The number of nitriles is 1. The van der Waals surface area contributed by atoms with Crippen LogP contribution in [-0.2, 0) is 16.0 Å². The lowest BCUT2D eigenvalue weighted by molar-refractivity contribution is -0.117. The van der Waals surface area contributed by atoms with Crippen LogP contribution in [0.4, 0.5) is 11.4 Å². The Balaban J connectivity index is 1.73. The molecule has 34 heavy (non-hydrogen) atoms. The van der Waals surface area contributed by atoms with E-state index in [2.05, 4.69) is 5.32 Å². The molecular formula is C25H16Cl3N3O2S. The fraction of sp³-hybridized carbons (Fsp3) is 0.0800. The molecule has 5 nitrogen and oxygen atoms in total. The predicted molar refractivity (Wildman–Crippen MR) is 138 cm³/mol. The van der Waals surface area contributed by atoms with Gasteiger partial charge in [0.2, 0.25) is 5.91 Å². The number of para-hydroxylation sites is 1. The fourth-order valence-electron chi connectivity index (χ4n) is 3.46. The van der Waals surface area contributed by atoms with Crippen LogP contribution in [0.25, 0.3) is 0 Å². The Morgan fingerprint density at radius 1 is 1.03 bits per heavy atom. The largest absolute Gasteiger partial charge is 0.321 e. The Kier molecular flexibility index (Phi) is 7.50. The molecule has 1 atom stereocenters. The van der Waals surface area contributed by atoms with Crippen LogP contribution in [0.15, 0.2) is 83.4 Å². The minimum Gasteiger partial charge on any atom is -0.321 e. The van der Waals surface area contributed by atoms with E-state index in [4.69, 9.17) is 34.8 Å². The second kappa shape index (κ2) is 10.5. The summed E-state index contributed by atoms with van der Waals surface area (Å²) in [5.41, 5.74) is 1.52. The Labute approximate surface area is 215 Å². The van der Waals surface area contributed by atoms with Crippen LogP contribution in [0.5, 0.6) is 0 Å². The van der Waals surface area contributed by atoms with Crippen molar-refractivity contribution in [3.05, 3.63) is 104 Å². The first kappa shape index (κ1) is 24.2. The first-order chi connectivity index (χ1) is 16.4. The maximum absolute atomic E-state index is 13.5. The summed E-state index contributed by atoms with van der Waals surface area (Å²) in [6, 6.07) is 22.7. The van der Waals surface area contributed by atoms with Crippen LogP contribution in [0.1, 0.15) is 5.56 Å². The lowest BCUT2D eigenvalue weighted by Crippen LogP contribution is -2.30. The van der Waals surface area contributed by atoms with Gasteiger partial charge in [-0.2, -0.15) is 5.26 Å². The molecule has 0 aliphatic carbocycles. The average molecular weight is 529 g/mol. The molecule has 0 aromatic heterocycles. The second-order valence-corrected chi connectivity index (χ2v) is 9.70. The van der Waals surface area contributed by atoms with Gasteiger partial charge in [0, 0.05) is 16.4 Å². The summed E-state index contributed by atoms with van der Waals surface area (Å²) in [6.45, 7) is 0. The summed E-state index contributed by atoms with van der Waals surface area (Å²) in [7, 11) is 0. The number of hydrogen-bond acceptors (Lipinski definition) is 4. The van der Waals surface area contributed by atoms with Crippen molar-refractivity contribution < 1.29 is 9.59 Å². The molecule has 1 heterocycles. The third kappa shape index (κ3) is 5.08. The van der Waals surface area contributed by atoms with Gasteiger partial charge in [-0.05, 0) is 48.4 Å². The molecule has 1 unspecified atom stereocenters. The second-order valence-electron chi connectivity index (χ2n) is 7.29. The SMILES string of the molecule is N#CC(C(=O)Nc1cccc(Cl)c1)=C1SC(Cc2cccc(Cl)c2Cl)C(=O)N1c1ccccc1. The number of thioether (sulfide) groups is 1. The molecule has 0 bridgehead atoms. The summed E-state index contributed by atoms with van der Waals surface area (Å²) >= 11 is 19.6. The van der Waals surface area contributed by atoms with Gasteiger partial charge in [0.25, 0.3) is 5.91 Å². The van der Waals surface area contributed by atoms with Crippen molar-refractivity contribution in [2.24, 2.45) is 0 Å². The summed E-state index contributed by atoms with van der Waals surface area (Å²) in [4.78, 5) is 28.0.